The lowest BCUT2D eigenvalue weighted by atomic mass is 10.0. The molecule has 0 unspecified atom stereocenters. The van der Waals surface area contributed by atoms with Crippen LogP contribution in [0.4, 0.5) is 9.59 Å². The largest absolute Gasteiger partial charge is 0.443 e. The van der Waals surface area contributed by atoms with Gasteiger partial charge in [0.05, 0.1) is 16.9 Å². The van der Waals surface area contributed by atoms with Gasteiger partial charge in [-0.2, -0.15) is 0 Å². The van der Waals surface area contributed by atoms with Gasteiger partial charge in [-0.05, 0) is 31.9 Å². The fourth-order valence-corrected chi connectivity index (χ4v) is 4.13. The Kier molecular flexibility index (Phi) is 9.84. The van der Waals surface area contributed by atoms with E-state index >= 15 is 0 Å². The average molecular weight is 512 g/mol. The van der Waals surface area contributed by atoms with Gasteiger partial charge in [0, 0.05) is 24.6 Å². The molecular formula is C27H33N3O5S. The molecule has 1 heterocycles. The van der Waals surface area contributed by atoms with Crippen molar-refractivity contribution in [2.75, 3.05) is 6.54 Å². The first kappa shape index (κ1) is 27.2. The van der Waals surface area contributed by atoms with E-state index in [0.29, 0.717) is 6.42 Å². The molecule has 0 spiro atoms. The minimum absolute atomic E-state index is 0.153. The molecule has 0 aliphatic carbocycles. The van der Waals surface area contributed by atoms with Crippen LogP contribution in [-0.4, -0.2) is 46.6 Å². The molecule has 3 atom stereocenters. The Hall–Kier alpha value is -3.43. The Morgan fingerprint density at radius 3 is 2.11 bits per heavy atom. The van der Waals surface area contributed by atoms with Crippen molar-refractivity contribution in [3.8, 4) is 0 Å². The molecule has 9 heteroatoms. The fraction of sp³-hybridized carbons (Fsp3) is 0.370. The van der Waals surface area contributed by atoms with Crippen LogP contribution in [0.2, 0.25) is 0 Å². The Labute approximate surface area is 215 Å². The summed E-state index contributed by atoms with van der Waals surface area (Å²) in [6.45, 7) is 5.36. The summed E-state index contributed by atoms with van der Waals surface area (Å²) >= 11 is 1.40. The molecule has 2 amide bonds. The highest BCUT2D eigenvalue weighted by atomic mass is 32.1. The van der Waals surface area contributed by atoms with Crippen molar-refractivity contribution in [2.24, 2.45) is 0 Å². The summed E-state index contributed by atoms with van der Waals surface area (Å²) in [5.74, 6) is 0. The van der Waals surface area contributed by atoms with Crippen LogP contribution in [0.25, 0.3) is 0 Å². The average Bonchev–Trinajstić information content (AvgIpc) is 3.37. The Balaban J connectivity index is 1.61. The van der Waals surface area contributed by atoms with E-state index < -0.39 is 36.0 Å². The Morgan fingerprint density at radius 1 is 0.944 bits per heavy atom. The lowest BCUT2D eigenvalue weighted by Gasteiger charge is -2.27. The quantitative estimate of drug-likeness (QED) is 0.366. The smallest absolute Gasteiger partial charge is 0.407 e. The number of nitrogens with zero attached hydrogens (tertiary/aromatic N) is 1. The highest BCUT2D eigenvalue weighted by Crippen LogP contribution is 2.25. The van der Waals surface area contributed by atoms with E-state index in [1.165, 1.54) is 11.3 Å². The molecule has 3 N–H and O–H groups in total. The van der Waals surface area contributed by atoms with Gasteiger partial charge >= 0.3 is 12.2 Å². The molecule has 3 rings (SSSR count). The van der Waals surface area contributed by atoms with Gasteiger partial charge in [-0.25, -0.2) is 9.59 Å². The number of aromatic nitrogens is 1. The second-order valence-electron chi connectivity index (χ2n) is 9.44. The number of hydrogen-bond donors (Lipinski definition) is 3. The van der Waals surface area contributed by atoms with E-state index in [9.17, 15) is 14.7 Å². The SMILES string of the molecule is CC(C)(C)NC(=O)O[C@@H](Cc1ccccc1)[C@@H](O)CNC(=O)O[C@@H](Cc1ccccc1)c1cncs1. The fourth-order valence-electron chi connectivity index (χ4n) is 3.48. The summed E-state index contributed by atoms with van der Waals surface area (Å²) < 4.78 is 11.2. The zero-order chi connectivity index (χ0) is 26.0. The van der Waals surface area contributed by atoms with Crippen LogP contribution in [0.1, 0.15) is 42.9 Å². The number of alkyl carbamates (subject to hydrolysis) is 2. The van der Waals surface area contributed by atoms with E-state index in [2.05, 4.69) is 15.6 Å². The van der Waals surface area contributed by atoms with Gasteiger partial charge in [-0.15, -0.1) is 11.3 Å². The first-order chi connectivity index (χ1) is 17.2. The van der Waals surface area contributed by atoms with Gasteiger partial charge in [-0.1, -0.05) is 60.7 Å². The third-order valence-corrected chi connectivity index (χ3v) is 6.05. The number of aliphatic hydroxyl groups excluding tert-OH is 1. The van der Waals surface area contributed by atoms with Crippen molar-refractivity contribution in [1.29, 1.82) is 0 Å². The maximum Gasteiger partial charge on any atom is 0.407 e. The van der Waals surface area contributed by atoms with Gasteiger partial charge in [0.15, 0.2) is 0 Å². The zero-order valence-corrected chi connectivity index (χ0v) is 21.5. The number of nitrogens with one attached hydrogen (secondary N) is 2. The van der Waals surface area contributed by atoms with Crippen molar-refractivity contribution < 1.29 is 24.2 Å². The molecule has 0 saturated heterocycles. The van der Waals surface area contributed by atoms with Gasteiger partial charge in [0.2, 0.25) is 0 Å². The molecule has 3 aromatic rings. The van der Waals surface area contributed by atoms with Crippen molar-refractivity contribution in [3.05, 3.63) is 88.4 Å². The standard InChI is InChI=1S/C27H33N3O5S/c1-27(2,3)30-26(33)34-22(14-19-10-6-4-7-11-19)21(31)16-29-25(32)35-23(24-17-28-18-36-24)15-20-12-8-5-9-13-20/h4-13,17-18,21-23,31H,14-16H2,1-3H3,(H,29,32)(H,30,33)/t21-,22-,23-/m0/s1. The van der Waals surface area contributed by atoms with E-state index in [1.807, 2.05) is 81.4 Å². The number of thiazole rings is 1. The highest BCUT2D eigenvalue weighted by Gasteiger charge is 2.27. The number of benzene rings is 2. The van der Waals surface area contributed by atoms with Gasteiger partial charge in [0.25, 0.3) is 0 Å². The summed E-state index contributed by atoms with van der Waals surface area (Å²) in [5.41, 5.74) is 3.10. The monoisotopic (exact) mass is 511 g/mol. The molecular weight excluding hydrogens is 478 g/mol. The van der Waals surface area contributed by atoms with Gasteiger partial charge in [0.1, 0.15) is 18.3 Å². The first-order valence-corrected chi connectivity index (χ1v) is 12.6. The lowest BCUT2D eigenvalue weighted by Crippen LogP contribution is -2.47. The minimum atomic E-state index is -1.15. The van der Waals surface area contributed by atoms with Crippen LogP contribution in [0.15, 0.2) is 72.4 Å². The molecule has 0 saturated carbocycles. The van der Waals surface area contributed by atoms with Crippen molar-refractivity contribution in [3.63, 3.8) is 0 Å². The highest BCUT2D eigenvalue weighted by molar-refractivity contribution is 7.09. The molecule has 0 fully saturated rings. The number of ether oxygens (including phenoxy) is 2. The predicted octanol–water partition coefficient (Wildman–Crippen LogP) is 4.65. The van der Waals surface area contributed by atoms with E-state index in [4.69, 9.17) is 9.47 Å². The lowest BCUT2D eigenvalue weighted by molar-refractivity contribution is 0.000690. The molecule has 1 aromatic heterocycles. The van der Waals surface area contributed by atoms with Crippen LogP contribution in [0.5, 0.6) is 0 Å². The van der Waals surface area contributed by atoms with Crippen LogP contribution in [0, 0.1) is 0 Å². The number of amides is 2. The van der Waals surface area contributed by atoms with Gasteiger partial charge in [-0.3, -0.25) is 4.98 Å². The molecule has 8 nitrogen and oxygen atoms in total. The number of carbonyl (C=O) groups excluding carboxylic acids is 2. The summed E-state index contributed by atoms with van der Waals surface area (Å²) in [7, 11) is 0. The number of rotatable bonds is 10. The van der Waals surface area contributed by atoms with Crippen molar-refractivity contribution in [2.45, 2.75) is 57.5 Å². The maximum absolute atomic E-state index is 12.7. The second-order valence-corrected chi connectivity index (χ2v) is 10.4. The van der Waals surface area contributed by atoms with Crippen LogP contribution in [0.3, 0.4) is 0 Å². The van der Waals surface area contributed by atoms with Crippen LogP contribution >= 0.6 is 11.3 Å². The first-order valence-electron chi connectivity index (χ1n) is 11.8. The number of carbonyl (C=O) groups is 2. The normalized spacial score (nSPS) is 13.8. The topological polar surface area (TPSA) is 110 Å². The summed E-state index contributed by atoms with van der Waals surface area (Å²) in [4.78, 5) is 30.0. The predicted molar refractivity (Wildman–Crippen MR) is 139 cm³/mol. The molecule has 0 aliphatic rings. The van der Waals surface area contributed by atoms with Crippen LogP contribution in [-0.2, 0) is 22.3 Å². The molecule has 36 heavy (non-hydrogen) atoms. The minimum Gasteiger partial charge on any atom is -0.443 e. The Bertz CT molecular complexity index is 1070. The number of aliphatic hydroxyl groups is 1. The van der Waals surface area contributed by atoms with Gasteiger partial charge < -0.3 is 25.2 Å². The summed E-state index contributed by atoms with van der Waals surface area (Å²) in [5, 5.41) is 16.2. The second kappa shape index (κ2) is 13.0. The zero-order valence-electron chi connectivity index (χ0n) is 20.7. The molecule has 0 bridgehead atoms. The van der Waals surface area contributed by atoms with E-state index in [-0.39, 0.29) is 13.0 Å². The Morgan fingerprint density at radius 2 is 1.56 bits per heavy atom. The molecule has 0 aliphatic heterocycles. The maximum atomic E-state index is 12.7. The van der Waals surface area contributed by atoms with Crippen molar-refractivity contribution >= 4 is 23.5 Å². The molecule has 0 radical (unpaired) electrons. The summed E-state index contributed by atoms with van der Waals surface area (Å²) in [6.07, 6.45) is -1.42. The van der Waals surface area contributed by atoms with E-state index in [1.54, 1.807) is 11.7 Å². The third-order valence-electron chi connectivity index (χ3n) is 5.18. The summed E-state index contributed by atoms with van der Waals surface area (Å²) in [6, 6.07) is 19.1. The molecule has 192 valence electrons. The van der Waals surface area contributed by atoms with Crippen molar-refractivity contribution in [1.82, 2.24) is 15.6 Å². The third kappa shape index (κ3) is 9.31. The van der Waals surface area contributed by atoms with Crippen LogP contribution < -0.4 is 10.6 Å². The number of hydrogen-bond acceptors (Lipinski definition) is 7. The van der Waals surface area contributed by atoms with E-state index in [0.717, 1.165) is 16.0 Å². The molecule has 2 aromatic carbocycles.